The molecule has 2 aromatic carbocycles. The highest BCUT2D eigenvalue weighted by Crippen LogP contribution is 2.25. The van der Waals surface area contributed by atoms with E-state index >= 15 is 0 Å². The molecular formula is C21H25Cl2N3O4S. The van der Waals surface area contributed by atoms with Crippen molar-refractivity contribution >= 4 is 50.7 Å². The lowest BCUT2D eigenvalue weighted by atomic mass is 10.1. The average Bonchev–Trinajstić information content (AvgIpc) is 2.70. The molecule has 168 valence electrons. The summed E-state index contributed by atoms with van der Waals surface area (Å²) in [4.78, 5) is 26.8. The maximum atomic E-state index is 13.3. The van der Waals surface area contributed by atoms with Crippen LogP contribution in [-0.2, 0) is 26.2 Å². The minimum absolute atomic E-state index is 0.0836. The molecule has 0 heterocycles. The summed E-state index contributed by atoms with van der Waals surface area (Å²) in [5.74, 6) is -0.919. The van der Waals surface area contributed by atoms with Gasteiger partial charge in [0.1, 0.15) is 12.6 Å². The topological polar surface area (TPSA) is 86.8 Å². The zero-order valence-corrected chi connectivity index (χ0v) is 20.1. The van der Waals surface area contributed by atoms with Crippen LogP contribution in [-0.4, -0.2) is 51.0 Å². The summed E-state index contributed by atoms with van der Waals surface area (Å²) >= 11 is 12.2. The van der Waals surface area contributed by atoms with Gasteiger partial charge in [-0.15, -0.1) is 0 Å². The van der Waals surface area contributed by atoms with Crippen molar-refractivity contribution in [3.05, 3.63) is 63.6 Å². The lowest BCUT2D eigenvalue weighted by Gasteiger charge is -2.31. The molecule has 0 spiro atoms. The Morgan fingerprint density at radius 3 is 2.35 bits per heavy atom. The number of anilines is 1. The SMILES string of the molecule is CNC(=O)C(C)N(Cc1cccc(Cl)c1)C(=O)CN(c1ccc(C)c(Cl)c1)S(C)(=O)=O. The Labute approximate surface area is 193 Å². The fourth-order valence-corrected chi connectivity index (χ4v) is 4.20. The number of hydrogen-bond donors (Lipinski definition) is 1. The van der Waals surface area contributed by atoms with E-state index in [1.54, 1.807) is 50.2 Å². The molecule has 7 nitrogen and oxygen atoms in total. The fourth-order valence-electron chi connectivity index (χ4n) is 2.97. The Bertz CT molecular complexity index is 1080. The first kappa shape index (κ1) is 25.0. The third-order valence-electron chi connectivity index (χ3n) is 4.78. The van der Waals surface area contributed by atoms with Crippen molar-refractivity contribution in [3.8, 4) is 0 Å². The van der Waals surface area contributed by atoms with E-state index in [2.05, 4.69) is 5.32 Å². The van der Waals surface area contributed by atoms with Crippen LogP contribution in [0.4, 0.5) is 5.69 Å². The van der Waals surface area contributed by atoms with Crippen molar-refractivity contribution in [1.82, 2.24) is 10.2 Å². The number of aryl methyl sites for hydroxylation is 1. The third-order valence-corrected chi connectivity index (χ3v) is 6.56. The number of benzene rings is 2. The Hall–Kier alpha value is -2.29. The fraction of sp³-hybridized carbons (Fsp3) is 0.333. The average molecular weight is 486 g/mol. The molecule has 31 heavy (non-hydrogen) atoms. The molecule has 0 saturated heterocycles. The zero-order valence-electron chi connectivity index (χ0n) is 17.7. The minimum atomic E-state index is -3.80. The number of amides is 2. The number of sulfonamides is 1. The van der Waals surface area contributed by atoms with Crippen LogP contribution < -0.4 is 9.62 Å². The van der Waals surface area contributed by atoms with E-state index in [0.717, 1.165) is 16.1 Å². The second kappa shape index (κ2) is 10.3. The normalized spacial score (nSPS) is 12.2. The molecule has 0 radical (unpaired) electrons. The number of rotatable bonds is 8. The van der Waals surface area contributed by atoms with Crippen LogP contribution in [0.2, 0.25) is 10.0 Å². The van der Waals surface area contributed by atoms with Crippen molar-refractivity contribution in [2.75, 3.05) is 24.2 Å². The molecule has 0 aliphatic rings. The number of nitrogens with zero attached hydrogens (tertiary/aromatic N) is 2. The van der Waals surface area contributed by atoms with Crippen molar-refractivity contribution in [2.45, 2.75) is 26.4 Å². The Kier molecular flexibility index (Phi) is 8.34. The molecule has 0 bridgehead atoms. The van der Waals surface area contributed by atoms with Gasteiger partial charge < -0.3 is 10.2 Å². The molecule has 2 aromatic rings. The van der Waals surface area contributed by atoms with Gasteiger partial charge in [0.25, 0.3) is 0 Å². The van der Waals surface area contributed by atoms with E-state index in [1.165, 1.54) is 18.0 Å². The summed E-state index contributed by atoms with van der Waals surface area (Å²) < 4.78 is 25.9. The van der Waals surface area contributed by atoms with Gasteiger partial charge in [0.05, 0.1) is 11.9 Å². The van der Waals surface area contributed by atoms with Crippen LogP contribution in [0.5, 0.6) is 0 Å². The molecule has 0 aromatic heterocycles. The Morgan fingerprint density at radius 2 is 1.81 bits per heavy atom. The van der Waals surface area contributed by atoms with E-state index in [9.17, 15) is 18.0 Å². The third kappa shape index (κ3) is 6.59. The number of nitrogens with one attached hydrogen (secondary N) is 1. The quantitative estimate of drug-likeness (QED) is 0.621. The van der Waals surface area contributed by atoms with Gasteiger partial charge in [-0.2, -0.15) is 0 Å². The van der Waals surface area contributed by atoms with E-state index in [0.29, 0.717) is 15.6 Å². The van der Waals surface area contributed by atoms with Crippen LogP contribution in [0.3, 0.4) is 0 Å². The molecule has 0 aliphatic carbocycles. The van der Waals surface area contributed by atoms with Gasteiger partial charge in [0, 0.05) is 23.6 Å². The monoisotopic (exact) mass is 485 g/mol. The molecule has 1 atom stereocenters. The summed E-state index contributed by atoms with van der Waals surface area (Å²) in [5.41, 5.74) is 1.75. The van der Waals surface area contributed by atoms with Crippen LogP contribution in [0.1, 0.15) is 18.1 Å². The molecule has 2 rings (SSSR count). The summed E-state index contributed by atoms with van der Waals surface area (Å²) in [5, 5.41) is 3.39. The Balaban J connectivity index is 2.40. The summed E-state index contributed by atoms with van der Waals surface area (Å²) in [6, 6.07) is 10.8. The first-order valence-electron chi connectivity index (χ1n) is 9.43. The smallest absolute Gasteiger partial charge is 0.244 e. The number of halogens is 2. The molecule has 1 unspecified atom stereocenters. The van der Waals surface area contributed by atoms with Gasteiger partial charge in [-0.3, -0.25) is 13.9 Å². The molecular weight excluding hydrogens is 461 g/mol. The molecule has 0 saturated carbocycles. The highest BCUT2D eigenvalue weighted by atomic mass is 35.5. The summed E-state index contributed by atoms with van der Waals surface area (Å²) in [6.45, 7) is 2.97. The largest absolute Gasteiger partial charge is 0.357 e. The lowest BCUT2D eigenvalue weighted by Crippen LogP contribution is -2.50. The summed E-state index contributed by atoms with van der Waals surface area (Å²) in [6.07, 6.45) is 1.01. The zero-order chi connectivity index (χ0) is 23.3. The van der Waals surface area contributed by atoms with Gasteiger partial charge >= 0.3 is 0 Å². The van der Waals surface area contributed by atoms with Gasteiger partial charge in [-0.25, -0.2) is 8.42 Å². The molecule has 0 aliphatic heterocycles. The highest BCUT2D eigenvalue weighted by molar-refractivity contribution is 7.92. The van der Waals surface area contributed by atoms with E-state index in [4.69, 9.17) is 23.2 Å². The summed E-state index contributed by atoms with van der Waals surface area (Å²) in [7, 11) is -2.33. The first-order valence-corrected chi connectivity index (χ1v) is 12.0. The van der Waals surface area contributed by atoms with E-state index < -0.39 is 28.5 Å². The van der Waals surface area contributed by atoms with Crippen molar-refractivity contribution in [2.24, 2.45) is 0 Å². The van der Waals surface area contributed by atoms with Crippen molar-refractivity contribution in [1.29, 1.82) is 0 Å². The second-order valence-electron chi connectivity index (χ2n) is 7.14. The second-order valence-corrected chi connectivity index (χ2v) is 9.90. The lowest BCUT2D eigenvalue weighted by molar-refractivity contribution is -0.139. The van der Waals surface area contributed by atoms with Crippen LogP contribution >= 0.6 is 23.2 Å². The Morgan fingerprint density at radius 1 is 1.13 bits per heavy atom. The van der Waals surface area contributed by atoms with Crippen molar-refractivity contribution in [3.63, 3.8) is 0 Å². The van der Waals surface area contributed by atoms with Crippen LogP contribution in [0.25, 0.3) is 0 Å². The number of carbonyl (C=O) groups excluding carboxylic acids is 2. The van der Waals surface area contributed by atoms with Gasteiger partial charge in [-0.05, 0) is 49.2 Å². The van der Waals surface area contributed by atoms with E-state index in [-0.39, 0.29) is 18.1 Å². The predicted octanol–water partition coefficient (Wildman–Crippen LogP) is 3.23. The van der Waals surface area contributed by atoms with Crippen molar-refractivity contribution < 1.29 is 18.0 Å². The highest BCUT2D eigenvalue weighted by Gasteiger charge is 2.29. The standard InChI is InChI=1S/C21H25Cl2N3O4S/c1-14-8-9-18(11-19(14)23)26(31(4,29)30)13-20(27)25(15(2)21(28)24-3)12-16-6-5-7-17(22)10-16/h5-11,15H,12-13H2,1-4H3,(H,24,28). The molecule has 10 heteroatoms. The maximum absolute atomic E-state index is 13.3. The van der Waals surface area contributed by atoms with Gasteiger partial charge in [0.2, 0.25) is 21.8 Å². The van der Waals surface area contributed by atoms with Gasteiger partial charge in [-0.1, -0.05) is 41.4 Å². The van der Waals surface area contributed by atoms with E-state index in [1.807, 2.05) is 0 Å². The number of carbonyl (C=O) groups is 2. The predicted molar refractivity (Wildman–Crippen MR) is 124 cm³/mol. The molecule has 0 fully saturated rings. The first-order chi connectivity index (χ1) is 14.4. The number of hydrogen-bond acceptors (Lipinski definition) is 4. The molecule has 2 amide bonds. The molecule has 1 N–H and O–H groups in total. The number of likely N-dealkylation sites (N-methyl/N-ethyl adjacent to an activating group) is 1. The maximum Gasteiger partial charge on any atom is 0.244 e. The van der Waals surface area contributed by atoms with Crippen LogP contribution in [0, 0.1) is 6.92 Å². The van der Waals surface area contributed by atoms with Gasteiger partial charge in [0.15, 0.2) is 0 Å². The minimum Gasteiger partial charge on any atom is -0.357 e. The van der Waals surface area contributed by atoms with Crippen LogP contribution in [0.15, 0.2) is 42.5 Å².